The number of likely N-dealkylation sites (N-methyl/N-ethyl adjacent to an activating group) is 1. The molecular formula is C21H26ClN3O. The minimum absolute atomic E-state index is 0.168. The lowest BCUT2D eigenvalue weighted by Crippen LogP contribution is -2.49. The molecule has 0 aromatic heterocycles. The molecule has 0 bridgehead atoms. The Balaban J connectivity index is 1.47. The third-order valence-electron chi connectivity index (χ3n) is 4.87. The topological polar surface area (TPSA) is 26.8 Å². The van der Waals surface area contributed by atoms with Crippen LogP contribution in [0.1, 0.15) is 11.1 Å². The second-order valence-corrected chi connectivity index (χ2v) is 7.41. The van der Waals surface area contributed by atoms with E-state index in [1.54, 1.807) is 0 Å². The number of rotatable bonds is 5. The molecule has 2 aromatic carbocycles. The van der Waals surface area contributed by atoms with Crippen LogP contribution in [0, 0.1) is 6.92 Å². The SMILES string of the molecule is Cc1ccc(CN(C)C(=O)CN2CCN(c3cccc(Cl)c3)CC2)cc1. The largest absolute Gasteiger partial charge is 0.369 e. The van der Waals surface area contributed by atoms with Gasteiger partial charge < -0.3 is 9.80 Å². The standard InChI is InChI=1S/C21H26ClN3O/c1-17-6-8-18(9-7-17)15-23(2)21(26)16-24-10-12-25(13-11-24)20-5-3-4-19(22)14-20/h3-9,14H,10-13,15-16H2,1-2H3. The summed E-state index contributed by atoms with van der Waals surface area (Å²) >= 11 is 6.08. The van der Waals surface area contributed by atoms with E-state index in [2.05, 4.69) is 47.1 Å². The summed E-state index contributed by atoms with van der Waals surface area (Å²) in [7, 11) is 1.88. The number of carbonyl (C=O) groups is 1. The molecule has 1 fully saturated rings. The van der Waals surface area contributed by atoms with Crippen molar-refractivity contribution in [1.82, 2.24) is 9.80 Å². The zero-order chi connectivity index (χ0) is 18.5. The summed E-state index contributed by atoms with van der Waals surface area (Å²) in [6, 6.07) is 16.3. The average Bonchev–Trinajstić information content (AvgIpc) is 2.64. The van der Waals surface area contributed by atoms with Crippen molar-refractivity contribution in [2.24, 2.45) is 0 Å². The van der Waals surface area contributed by atoms with Crippen molar-refractivity contribution in [3.63, 3.8) is 0 Å². The number of piperazine rings is 1. The second kappa shape index (κ2) is 8.56. The van der Waals surface area contributed by atoms with Crippen LogP contribution in [0.4, 0.5) is 5.69 Å². The van der Waals surface area contributed by atoms with Gasteiger partial charge in [-0.2, -0.15) is 0 Å². The van der Waals surface area contributed by atoms with Gasteiger partial charge in [-0.1, -0.05) is 47.5 Å². The van der Waals surface area contributed by atoms with Crippen LogP contribution in [0.2, 0.25) is 5.02 Å². The van der Waals surface area contributed by atoms with Gasteiger partial charge in [0.15, 0.2) is 0 Å². The molecule has 0 radical (unpaired) electrons. The molecule has 138 valence electrons. The lowest BCUT2D eigenvalue weighted by Gasteiger charge is -2.36. The Bertz CT molecular complexity index is 739. The van der Waals surface area contributed by atoms with E-state index in [1.807, 2.05) is 30.1 Å². The fraction of sp³-hybridized carbons (Fsp3) is 0.381. The Morgan fingerprint density at radius 2 is 1.77 bits per heavy atom. The van der Waals surface area contributed by atoms with Crippen LogP contribution in [0.15, 0.2) is 48.5 Å². The Kier molecular flexibility index (Phi) is 6.17. The molecule has 1 heterocycles. The van der Waals surface area contributed by atoms with Crippen molar-refractivity contribution in [2.45, 2.75) is 13.5 Å². The van der Waals surface area contributed by atoms with Crippen molar-refractivity contribution < 1.29 is 4.79 Å². The first-order valence-electron chi connectivity index (χ1n) is 9.03. The van der Waals surface area contributed by atoms with Crippen LogP contribution in [-0.2, 0) is 11.3 Å². The molecule has 2 aromatic rings. The molecule has 3 rings (SSSR count). The molecule has 0 aliphatic carbocycles. The van der Waals surface area contributed by atoms with Crippen LogP contribution < -0.4 is 4.90 Å². The Labute approximate surface area is 161 Å². The smallest absolute Gasteiger partial charge is 0.236 e. The number of aryl methyl sites for hydroxylation is 1. The summed E-state index contributed by atoms with van der Waals surface area (Å²) in [6.07, 6.45) is 0. The first-order valence-corrected chi connectivity index (χ1v) is 9.41. The summed E-state index contributed by atoms with van der Waals surface area (Å²) in [4.78, 5) is 18.9. The highest BCUT2D eigenvalue weighted by Gasteiger charge is 2.20. The highest BCUT2D eigenvalue weighted by Crippen LogP contribution is 2.20. The van der Waals surface area contributed by atoms with Gasteiger partial charge in [-0.05, 0) is 30.7 Å². The molecule has 1 amide bonds. The Hall–Kier alpha value is -2.04. The molecule has 0 saturated carbocycles. The minimum Gasteiger partial charge on any atom is -0.369 e. The number of hydrogen-bond donors (Lipinski definition) is 0. The van der Waals surface area contributed by atoms with Gasteiger partial charge in [-0.3, -0.25) is 9.69 Å². The van der Waals surface area contributed by atoms with Crippen molar-refractivity contribution >= 4 is 23.2 Å². The monoisotopic (exact) mass is 371 g/mol. The second-order valence-electron chi connectivity index (χ2n) is 6.98. The number of carbonyl (C=O) groups excluding carboxylic acids is 1. The quantitative estimate of drug-likeness (QED) is 0.805. The van der Waals surface area contributed by atoms with Gasteiger partial charge in [0.2, 0.25) is 5.91 Å². The van der Waals surface area contributed by atoms with E-state index in [4.69, 9.17) is 11.6 Å². The predicted octanol–water partition coefficient (Wildman–Crippen LogP) is 3.43. The summed E-state index contributed by atoms with van der Waals surface area (Å²) in [5.41, 5.74) is 3.55. The van der Waals surface area contributed by atoms with Crippen LogP contribution in [0.5, 0.6) is 0 Å². The van der Waals surface area contributed by atoms with Gasteiger partial charge in [-0.25, -0.2) is 0 Å². The van der Waals surface area contributed by atoms with E-state index in [-0.39, 0.29) is 5.91 Å². The molecule has 4 nitrogen and oxygen atoms in total. The number of anilines is 1. The van der Waals surface area contributed by atoms with E-state index in [0.717, 1.165) is 42.5 Å². The van der Waals surface area contributed by atoms with Gasteiger partial charge in [0.1, 0.15) is 0 Å². The molecule has 0 unspecified atom stereocenters. The third-order valence-corrected chi connectivity index (χ3v) is 5.11. The first kappa shape index (κ1) is 18.7. The lowest BCUT2D eigenvalue weighted by atomic mass is 10.1. The molecule has 1 saturated heterocycles. The fourth-order valence-electron chi connectivity index (χ4n) is 3.20. The van der Waals surface area contributed by atoms with E-state index in [0.29, 0.717) is 13.1 Å². The van der Waals surface area contributed by atoms with Crippen LogP contribution in [0.3, 0.4) is 0 Å². The van der Waals surface area contributed by atoms with Crippen molar-refractivity contribution in [2.75, 3.05) is 44.7 Å². The van der Waals surface area contributed by atoms with Crippen LogP contribution >= 0.6 is 11.6 Å². The predicted molar refractivity (Wildman–Crippen MR) is 108 cm³/mol. The number of amides is 1. The van der Waals surface area contributed by atoms with Gasteiger partial charge in [-0.15, -0.1) is 0 Å². The zero-order valence-corrected chi connectivity index (χ0v) is 16.2. The number of nitrogens with zero attached hydrogens (tertiary/aromatic N) is 3. The lowest BCUT2D eigenvalue weighted by molar-refractivity contribution is -0.131. The molecule has 26 heavy (non-hydrogen) atoms. The molecule has 1 aliphatic heterocycles. The van der Waals surface area contributed by atoms with Crippen molar-refractivity contribution in [3.8, 4) is 0 Å². The van der Waals surface area contributed by atoms with E-state index >= 15 is 0 Å². The van der Waals surface area contributed by atoms with E-state index in [1.165, 1.54) is 5.56 Å². The summed E-state index contributed by atoms with van der Waals surface area (Å²) in [6.45, 7) is 6.80. The molecular weight excluding hydrogens is 346 g/mol. The summed E-state index contributed by atoms with van der Waals surface area (Å²) in [5.74, 6) is 0.168. The van der Waals surface area contributed by atoms with Crippen LogP contribution in [0.25, 0.3) is 0 Å². The van der Waals surface area contributed by atoms with Crippen molar-refractivity contribution in [1.29, 1.82) is 0 Å². The maximum absolute atomic E-state index is 12.5. The maximum atomic E-state index is 12.5. The zero-order valence-electron chi connectivity index (χ0n) is 15.5. The Morgan fingerprint density at radius 1 is 1.08 bits per heavy atom. The number of halogens is 1. The third kappa shape index (κ3) is 4.99. The normalized spacial score (nSPS) is 15.1. The van der Waals surface area contributed by atoms with E-state index in [9.17, 15) is 4.79 Å². The van der Waals surface area contributed by atoms with E-state index < -0.39 is 0 Å². The van der Waals surface area contributed by atoms with Gasteiger partial charge >= 0.3 is 0 Å². The molecule has 1 aliphatic rings. The summed E-state index contributed by atoms with van der Waals surface area (Å²) < 4.78 is 0. The fourth-order valence-corrected chi connectivity index (χ4v) is 3.39. The highest BCUT2D eigenvalue weighted by atomic mass is 35.5. The Morgan fingerprint density at radius 3 is 2.42 bits per heavy atom. The van der Waals surface area contributed by atoms with Gasteiger partial charge in [0, 0.05) is 50.5 Å². The van der Waals surface area contributed by atoms with Crippen molar-refractivity contribution in [3.05, 3.63) is 64.7 Å². The molecule has 5 heteroatoms. The molecule has 0 atom stereocenters. The minimum atomic E-state index is 0.168. The highest BCUT2D eigenvalue weighted by molar-refractivity contribution is 6.30. The average molecular weight is 372 g/mol. The van der Waals surface area contributed by atoms with Gasteiger partial charge in [0.25, 0.3) is 0 Å². The molecule has 0 N–H and O–H groups in total. The first-order chi connectivity index (χ1) is 12.5. The number of benzene rings is 2. The summed E-state index contributed by atoms with van der Waals surface area (Å²) in [5, 5.41) is 0.762. The van der Waals surface area contributed by atoms with Crippen LogP contribution in [-0.4, -0.2) is 55.5 Å². The maximum Gasteiger partial charge on any atom is 0.236 e. The van der Waals surface area contributed by atoms with Gasteiger partial charge in [0.05, 0.1) is 6.54 Å². The molecule has 0 spiro atoms. The number of hydrogen-bond acceptors (Lipinski definition) is 3.